The summed E-state index contributed by atoms with van der Waals surface area (Å²) in [5.74, 6) is 1.49. The maximum Gasteiger partial charge on any atom is 0.156 e. The number of rotatable bonds is 9. The van der Waals surface area contributed by atoms with Gasteiger partial charge in [-0.05, 0) is 28.8 Å². The Morgan fingerprint density at radius 2 is 1.95 bits per heavy atom. The molecule has 0 atom stereocenters. The highest BCUT2D eigenvalue weighted by Gasteiger charge is 2.12. The van der Waals surface area contributed by atoms with Crippen molar-refractivity contribution in [1.29, 1.82) is 0 Å². The maximum atomic E-state index is 5.49. The van der Waals surface area contributed by atoms with Crippen LogP contribution in [-0.4, -0.2) is 30.2 Å². The number of ether oxygens (including phenoxy) is 2. The van der Waals surface area contributed by atoms with Crippen molar-refractivity contribution in [2.45, 2.75) is 39.9 Å². The SMILES string of the molecule is CCCNc1nc(COCCC)nc(COC)c1Br. The number of hydrogen-bond acceptors (Lipinski definition) is 5. The summed E-state index contributed by atoms with van der Waals surface area (Å²) in [6.45, 7) is 6.66. The number of halogens is 1. The molecule has 0 aliphatic carbocycles. The lowest BCUT2D eigenvalue weighted by atomic mass is 10.3. The van der Waals surface area contributed by atoms with E-state index >= 15 is 0 Å². The third kappa shape index (κ3) is 5.42. The van der Waals surface area contributed by atoms with Crippen LogP contribution in [0.4, 0.5) is 5.82 Å². The van der Waals surface area contributed by atoms with E-state index in [1.807, 2.05) is 0 Å². The molecule has 0 radical (unpaired) electrons. The van der Waals surface area contributed by atoms with E-state index in [-0.39, 0.29) is 0 Å². The summed E-state index contributed by atoms with van der Waals surface area (Å²) in [7, 11) is 1.65. The number of aromatic nitrogens is 2. The van der Waals surface area contributed by atoms with Crippen molar-refractivity contribution >= 4 is 21.7 Å². The first kappa shape index (κ1) is 16.3. The molecule has 1 aromatic heterocycles. The molecule has 1 rings (SSSR count). The van der Waals surface area contributed by atoms with E-state index in [1.54, 1.807) is 7.11 Å². The van der Waals surface area contributed by atoms with Gasteiger partial charge in [0.15, 0.2) is 5.82 Å². The molecule has 19 heavy (non-hydrogen) atoms. The Labute approximate surface area is 123 Å². The van der Waals surface area contributed by atoms with E-state index in [1.165, 1.54) is 0 Å². The fraction of sp³-hybridized carbons (Fsp3) is 0.692. The Hall–Kier alpha value is -0.720. The largest absolute Gasteiger partial charge is 0.378 e. The lowest BCUT2D eigenvalue weighted by molar-refractivity contribution is 0.115. The van der Waals surface area contributed by atoms with Crippen molar-refractivity contribution in [3.63, 3.8) is 0 Å². The number of nitrogens with zero attached hydrogens (tertiary/aromatic N) is 2. The van der Waals surface area contributed by atoms with Gasteiger partial charge in [0.05, 0.1) is 16.8 Å². The van der Waals surface area contributed by atoms with Gasteiger partial charge in [0.2, 0.25) is 0 Å². The number of anilines is 1. The normalized spacial score (nSPS) is 10.7. The number of methoxy groups -OCH3 is 1. The third-order valence-corrected chi connectivity index (χ3v) is 3.20. The molecule has 1 heterocycles. The smallest absolute Gasteiger partial charge is 0.156 e. The van der Waals surface area contributed by atoms with Crippen LogP contribution < -0.4 is 5.32 Å². The second-order valence-electron chi connectivity index (χ2n) is 4.16. The van der Waals surface area contributed by atoms with Gasteiger partial charge in [0.25, 0.3) is 0 Å². The molecule has 0 amide bonds. The van der Waals surface area contributed by atoms with Gasteiger partial charge in [-0.15, -0.1) is 0 Å². The second-order valence-corrected chi connectivity index (χ2v) is 4.95. The van der Waals surface area contributed by atoms with E-state index in [9.17, 15) is 0 Å². The molecule has 0 saturated carbocycles. The maximum absolute atomic E-state index is 5.49. The predicted molar refractivity (Wildman–Crippen MR) is 79.2 cm³/mol. The van der Waals surface area contributed by atoms with Crippen LogP contribution in [0.25, 0.3) is 0 Å². The first-order valence-corrected chi connectivity index (χ1v) is 7.38. The Kier molecular flexibility index (Phi) is 7.93. The summed E-state index contributed by atoms with van der Waals surface area (Å²) in [4.78, 5) is 8.93. The summed E-state index contributed by atoms with van der Waals surface area (Å²) in [5, 5.41) is 3.28. The van der Waals surface area contributed by atoms with Crippen LogP contribution in [0.15, 0.2) is 4.47 Å². The molecule has 1 aromatic rings. The molecule has 0 saturated heterocycles. The molecule has 0 fully saturated rings. The zero-order valence-electron chi connectivity index (χ0n) is 11.8. The molecule has 5 nitrogen and oxygen atoms in total. The van der Waals surface area contributed by atoms with Gasteiger partial charge >= 0.3 is 0 Å². The minimum Gasteiger partial charge on any atom is -0.378 e. The van der Waals surface area contributed by atoms with Gasteiger partial charge in [-0.1, -0.05) is 13.8 Å². The lowest BCUT2D eigenvalue weighted by Gasteiger charge is -2.12. The molecule has 0 aliphatic heterocycles. The van der Waals surface area contributed by atoms with Gasteiger partial charge in [-0.2, -0.15) is 0 Å². The van der Waals surface area contributed by atoms with E-state index in [2.05, 4.69) is 45.1 Å². The van der Waals surface area contributed by atoms with Crippen molar-refractivity contribution in [2.75, 3.05) is 25.6 Å². The van der Waals surface area contributed by atoms with Crippen LogP contribution in [0.2, 0.25) is 0 Å². The molecule has 0 bridgehead atoms. The zero-order valence-corrected chi connectivity index (χ0v) is 13.4. The molecule has 0 spiro atoms. The molecule has 0 aromatic carbocycles. The quantitative estimate of drug-likeness (QED) is 0.704. The van der Waals surface area contributed by atoms with Gasteiger partial charge in [0, 0.05) is 20.3 Å². The van der Waals surface area contributed by atoms with Crippen LogP contribution in [0.1, 0.15) is 38.2 Å². The fourth-order valence-electron chi connectivity index (χ4n) is 1.51. The average molecular weight is 332 g/mol. The summed E-state index contributed by atoms with van der Waals surface area (Å²) < 4.78 is 11.5. The van der Waals surface area contributed by atoms with Gasteiger partial charge in [0.1, 0.15) is 12.4 Å². The molecule has 108 valence electrons. The van der Waals surface area contributed by atoms with Crippen LogP contribution >= 0.6 is 15.9 Å². The number of nitrogens with one attached hydrogen (secondary N) is 1. The van der Waals surface area contributed by atoms with E-state index in [4.69, 9.17) is 9.47 Å². The molecule has 0 unspecified atom stereocenters. The van der Waals surface area contributed by atoms with Crippen molar-refractivity contribution < 1.29 is 9.47 Å². The van der Waals surface area contributed by atoms with Gasteiger partial charge < -0.3 is 14.8 Å². The first-order chi connectivity index (χ1) is 9.22. The second kappa shape index (κ2) is 9.23. The van der Waals surface area contributed by atoms with E-state index < -0.39 is 0 Å². The van der Waals surface area contributed by atoms with Gasteiger partial charge in [-0.25, -0.2) is 9.97 Å². The lowest BCUT2D eigenvalue weighted by Crippen LogP contribution is -2.10. The molecule has 6 heteroatoms. The summed E-state index contributed by atoms with van der Waals surface area (Å²) >= 11 is 3.52. The molecule has 1 N–H and O–H groups in total. The molecule has 0 aliphatic rings. The minimum atomic E-state index is 0.429. The third-order valence-electron chi connectivity index (χ3n) is 2.37. The summed E-state index contributed by atoms with van der Waals surface area (Å²) in [6.07, 6.45) is 2.03. The fourth-order valence-corrected chi connectivity index (χ4v) is 1.94. The van der Waals surface area contributed by atoms with Crippen molar-refractivity contribution in [3.05, 3.63) is 16.0 Å². The highest BCUT2D eigenvalue weighted by atomic mass is 79.9. The number of hydrogen-bond donors (Lipinski definition) is 1. The average Bonchev–Trinajstić information content (AvgIpc) is 2.41. The Bertz CT molecular complexity index is 388. The van der Waals surface area contributed by atoms with Crippen LogP contribution in [-0.2, 0) is 22.7 Å². The topological polar surface area (TPSA) is 56.3 Å². The van der Waals surface area contributed by atoms with Crippen LogP contribution in [0, 0.1) is 0 Å². The van der Waals surface area contributed by atoms with Crippen LogP contribution in [0.5, 0.6) is 0 Å². The summed E-state index contributed by atoms with van der Waals surface area (Å²) in [5.41, 5.74) is 0.839. The molecular formula is C13H22BrN3O2. The zero-order chi connectivity index (χ0) is 14.1. The monoisotopic (exact) mass is 331 g/mol. The molecular weight excluding hydrogens is 310 g/mol. The van der Waals surface area contributed by atoms with E-state index in [0.717, 1.165) is 42.0 Å². The Morgan fingerprint density at radius 3 is 2.58 bits per heavy atom. The predicted octanol–water partition coefficient (Wildman–Crippen LogP) is 3.13. The standard InChI is InChI=1S/C13H22BrN3O2/c1-4-6-15-13-12(14)10(8-18-3)16-11(17-13)9-19-7-5-2/h4-9H2,1-3H3,(H,15,16,17). The van der Waals surface area contributed by atoms with Gasteiger partial charge in [-0.3, -0.25) is 0 Å². The summed E-state index contributed by atoms with van der Waals surface area (Å²) in [6, 6.07) is 0. The van der Waals surface area contributed by atoms with Crippen molar-refractivity contribution in [1.82, 2.24) is 9.97 Å². The van der Waals surface area contributed by atoms with Crippen molar-refractivity contribution in [3.8, 4) is 0 Å². The Balaban J connectivity index is 2.87. The van der Waals surface area contributed by atoms with E-state index in [0.29, 0.717) is 19.0 Å². The van der Waals surface area contributed by atoms with Crippen LogP contribution in [0.3, 0.4) is 0 Å². The van der Waals surface area contributed by atoms with Crippen molar-refractivity contribution in [2.24, 2.45) is 0 Å². The highest BCUT2D eigenvalue weighted by Crippen LogP contribution is 2.24. The highest BCUT2D eigenvalue weighted by molar-refractivity contribution is 9.10. The Morgan fingerprint density at radius 1 is 1.16 bits per heavy atom. The first-order valence-electron chi connectivity index (χ1n) is 6.58. The minimum absolute atomic E-state index is 0.429.